The highest BCUT2D eigenvalue weighted by Crippen LogP contribution is 2.37. The van der Waals surface area contributed by atoms with E-state index in [9.17, 15) is 4.79 Å². The van der Waals surface area contributed by atoms with E-state index in [1.807, 2.05) is 19.1 Å². The Hall–Kier alpha value is -2.47. The molecular weight excluding hydrogens is 388 g/mol. The zero-order chi connectivity index (χ0) is 17.8. The molecule has 0 N–H and O–H groups in total. The Labute approximate surface area is 154 Å². The number of carbonyl (C=O) groups excluding carboxylic acids is 1. The molecule has 1 heterocycles. The van der Waals surface area contributed by atoms with Gasteiger partial charge < -0.3 is 18.9 Å². The second kappa shape index (κ2) is 7.61. The van der Waals surface area contributed by atoms with Crippen LogP contribution in [0.3, 0.4) is 0 Å². The molecule has 1 aliphatic heterocycles. The molecule has 0 unspecified atom stereocenters. The summed E-state index contributed by atoms with van der Waals surface area (Å²) in [5, 5.41) is 0. The molecule has 2 aromatic rings. The van der Waals surface area contributed by atoms with Gasteiger partial charge in [-0.2, -0.15) is 0 Å². The van der Waals surface area contributed by atoms with E-state index in [0.29, 0.717) is 35.2 Å². The van der Waals surface area contributed by atoms with Gasteiger partial charge in [-0.25, -0.2) is 0 Å². The summed E-state index contributed by atoms with van der Waals surface area (Å²) >= 11 is 3.46. The largest absolute Gasteiger partial charge is 0.492 e. The van der Waals surface area contributed by atoms with Gasteiger partial charge in [0.1, 0.15) is 0 Å². The maximum Gasteiger partial charge on any atom is 0.231 e. The summed E-state index contributed by atoms with van der Waals surface area (Å²) in [6.45, 7) is 2.61. The number of hydrogen-bond donors (Lipinski definition) is 0. The van der Waals surface area contributed by atoms with Gasteiger partial charge in [0.2, 0.25) is 6.79 Å². The van der Waals surface area contributed by atoms with E-state index in [2.05, 4.69) is 15.9 Å². The van der Waals surface area contributed by atoms with Crippen molar-refractivity contribution in [3.05, 3.63) is 52.0 Å². The summed E-state index contributed by atoms with van der Waals surface area (Å²) in [6.07, 6.45) is 3.25. The monoisotopic (exact) mass is 404 g/mol. The molecule has 0 atom stereocenters. The summed E-state index contributed by atoms with van der Waals surface area (Å²) in [6, 6.07) is 8.84. The molecular formula is C19H17BrO5. The molecule has 3 rings (SSSR count). The standard InChI is InChI=1S/C19H17BrO5/c1-3-23-18-9-12(8-14(20)19(18)22-2)4-6-15(21)13-5-7-16-17(10-13)25-11-24-16/h4-10H,3,11H2,1-2H3/b6-4+. The molecule has 0 aromatic heterocycles. The van der Waals surface area contributed by atoms with Crippen LogP contribution in [0.4, 0.5) is 0 Å². The lowest BCUT2D eigenvalue weighted by molar-refractivity contribution is 0.104. The first-order chi connectivity index (χ1) is 12.1. The summed E-state index contributed by atoms with van der Waals surface area (Å²) < 4.78 is 22.2. The molecule has 0 aliphatic carbocycles. The molecule has 0 amide bonds. The molecule has 25 heavy (non-hydrogen) atoms. The molecule has 0 spiro atoms. The number of methoxy groups -OCH3 is 1. The van der Waals surface area contributed by atoms with Crippen LogP contribution >= 0.6 is 15.9 Å². The van der Waals surface area contributed by atoms with Crippen LogP contribution < -0.4 is 18.9 Å². The number of ether oxygens (including phenoxy) is 4. The molecule has 0 saturated carbocycles. The summed E-state index contributed by atoms with van der Waals surface area (Å²) in [5.74, 6) is 2.37. The summed E-state index contributed by atoms with van der Waals surface area (Å²) in [4.78, 5) is 12.4. The third-order valence-corrected chi connectivity index (χ3v) is 4.21. The van der Waals surface area contributed by atoms with Crippen LogP contribution in [0.15, 0.2) is 40.9 Å². The number of hydrogen-bond acceptors (Lipinski definition) is 5. The lowest BCUT2D eigenvalue weighted by Gasteiger charge is -2.12. The second-order valence-corrected chi connectivity index (χ2v) is 6.09. The van der Waals surface area contributed by atoms with Crippen molar-refractivity contribution >= 4 is 27.8 Å². The number of halogens is 1. The van der Waals surface area contributed by atoms with Gasteiger partial charge in [0, 0.05) is 5.56 Å². The first-order valence-electron chi connectivity index (χ1n) is 7.74. The average Bonchev–Trinajstić information content (AvgIpc) is 3.07. The minimum Gasteiger partial charge on any atom is -0.492 e. The number of benzene rings is 2. The van der Waals surface area contributed by atoms with Crippen LogP contribution in [0.2, 0.25) is 0 Å². The Morgan fingerprint density at radius 1 is 1.24 bits per heavy atom. The zero-order valence-electron chi connectivity index (χ0n) is 13.9. The molecule has 5 nitrogen and oxygen atoms in total. The fraction of sp³-hybridized carbons (Fsp3) is 0.211. The third-order valence-electron chi connectivity index (χ3n) is 3.62. The molecule has 6 heteroatoms. The van der Waals surface area contributed by atoms with Crippen molar-refractivity contribution in [2.24, 2.45) is 0 Å². The Morgan fingerprint density at radius 2 is 2.04 bits per heavy atom. The van der Waals surface area contributed by atoms with Crippen molar-refractivity contribution in [2.45, 2.75) is 6.92 Å². The highest BCUT2D eigenvalue weighted by atomic mass is 79.9. The van der Waals surface area contributed by atoms with Crippen LogP contribution in [0, 0.1) is 0 Å². The van der Waals surface area contributed by atoms with E-state index in [1.54, 1.807) is 31.4 Å². The van der Waals surface area contributed by atoms with E-state index in [-0.39, 0.29) is 12.6 Å². The lowest BCUT2D eigenvalue weighted by atomic mass is 10.1. The molecule has 2 aromatic carbocycles. The molecule has 0 saturated heterocycles. The van der Waals surface area contributed by atoms with Gasteiger partial charge in [0.05, 0.1) is 18.2 Å². The molecule has 0 bridgehead atoms. The maximum absolute atomic E-state index is 12.4. The summed E-state index contributed by atoms with van der Waals surface area (Å²) in [7, 11) is 1.58. The third kappa shape index (κ3) is 3.79. The number of ketones is 1. The zero-order valence-corrected chi connectivity index (χ0v) is 15.5. The minimum atomic E-state index is -0.122. The van der Waals surface area contributed by atoms with Gasteiger partial charge in [-0.15, -0.1) is 0 Å². The SMILES string of the molecule is CCOc1cc(/C=C/C(=O)c2ccc3c(c2)OCO3)cc(Br)c1OC. The molecule has 1 aliphatic rings. The highest BCUT2D eigenvalue weighted by molar-refractivity contribution is 9.10. The van der Waals surface area contributed by atoms with Gasteiger partial charge in [0.15, 0.2) is 28.8 Å². The van der Waals surface area contributed by atoms with Crippen molar-refractivity contribution in [3.63, 3.8) is 0 Å². The van der Waals surface area contributed by atoms with E-state index in [4.69, 9.17) is 18.9 Å². The first kappa shape index (κ1) is 17.4. The molecule has 0 radical (unpaired) electrons. The quantitative estimate of drug-likeness (QED) is 0.524. The van der Waals surface area contributed by atoms with Crippen LogP contribution in [0.1, 0.15) is 22.8 Å². The van der Waals surface area contributed by atoms with Crippen molar-refractivity contribution in [1.82, 2.24) is 0 Å². The number of carbonyl (C=O) groups is 1. The van der Waals surface area contributed by atoms with Gasteiger partial charge >= 0.3 is 0 Å². The maximum atomic E-state index is 12.4. The highest BCUT2D eigenvalue weighted by Gasteiger charge is 2.15. The van der Waals surface area contributed by atoms with Gasteiger partial charge in [-0.05, 0) is 64.8 Å². The van der Waals surface area contributed by atoms with Crippen molar-refractivity contribution in [2.75, 3.05) is 20.5 Å². The smallest absolute Gasteiger partial charge is 0.231 e. The topological polar surface area (TPSA) is 54.0 Å². The second-order valence-electron chi connectivity index (χ2n) is 5.23. The summed E-state index contributed by atoms with van der Waals surface area (Å²) in [5.41, 5.74) is 1.36. The Bertz CT molecular complexity index is 829. The average molecular weight is 405 g/mol. The minimum absolute atomic E-state index is 0.122. The van der Waals surface area contributed by atoms with Crippen molar-refractivity contribution in [3.8, 4) is 23.0 Å². The fourth-order valence-electron chi connectivity index (χ4n) is 2.46. The predicted octanol–water partition coefficient (Wildman–Crippen LogP) is 4.48. The van der Waals surface area contributed by atoms with E-state index in [0.717, 1.165) is 10.0 Å². The van der Waals surface area contributed by atoms with Crippen LogP contribution in [-0.4, -0.2) is 26.3 Å². The molecule has 0 fully saturated rings. The van der Waals surface area contributed by atoms with Crippen LogP contribution in [0.25, 0.3) is 6.08 Å². The van der Waals surface area contributed by atoms with Crippen LogP contribution in [-0.2, 0) is 0 Å². The molecule has 130 valence electrons. The van der Waals surface area contributed by atoms with E-state index < -0.39 is 0 Å². The predicted molar refractivity (Wildman–Crippen MR) is 97.8 cm³/mol. The number of allylic oxidation sites excluding steroid dienone is 1. The Balaban J connectivity index is 1.82. The van der Waals surface area contributed by atoms with Crippen molar-refractivity contribution < 1.29 is 23.7 Å². The fourth-order valence-corrected chi connectivity index (χ4v) is 3.08. The normalized spacial score (nSPS) is 12.4. The van der Waals surface area contributed by atoms with Crippen molar-refractivity contribution in [1.29, 1.82) is 0 Å². The van der Waals surface area contributed by atoms with E-state index in [1.165, 1.54) is 6.08 Å². The van der Waals surface area contributed by atoms with E-state index >= 15 is 0 Å². The lowest BCUT2D eigenvalue weighted by Crippen LogP contribution is -1.97. The number of rotatable bonds is 6. The first-order valence-corrected chi connectivity index (χ1v) is 8.54. The number of fused-ring (bicyclic) bond motifs is 1. The Kier molecular flexibility index (Phi) is 5.28. The van der Waals surface area contributed by atoms with Crippen LogP contribution in [0.5, 0.6) is 23.0 Å². The Morgan fingerprint density at radius 3 is 2.80 bits per heavy atom. The van der Waals surface area contributed by atoms with Gasteiger partial charge in [0.25, 0.3) is 0 Å². The van der Waals surface area contributed by atoms with Gasteiger partial charge in [-0.3, -0.25) is 4.79 Å². The van der Waals surface area contributed by atoms with Gasteiger partial charge in [-0.1, -0.05) is 6.08 Å².